The molecule has 1 aliphatic heterocycles. The molecule has 0 saturated carbocycles. The average Bonchev–Trinajstić information content (AvgIpc) is 3.04. The van der Waals surface area contributed by atoms with Crippen molar-refractivity contribution in [2.75, 3.05) is 26.3 Å². The first kappa shape index (κ1) is 18.1. The van der Waals surface area contributed by atoms with Gasteiger partial charge in [-0.2, -0.15) is 5.10 Å². The molecule has 1 aromatic carbocycles. The van der Waals surface area contributed by atoms with E-state index in [1.165, 1.54) is 11.3 Å². The van der Waals surface area contributed by atoms with Crippen LogP contribution < -0.4 is 9.47 Å². The predicted octanol–water partition coefficient (Wildman–Crippen LogP) is 4.30. The van der Waals surface area contributed by atoms with Gasteiger partial charge in [-0.05, 0) is 32.0 Å². The highest BCUT2D eigenvalue weighted by atomic mass is 35.5. The summed E-state index contributed by atoms with van der Waals surface area (Å²) in [4.78, 5) is 2.42. The first-order chi connectivity index (χ1) is 12.2. The van der Waals surface area contributed by atoms with Crippen LogP contribution >= 0.6 is 11.6 Å². The molecule has 1 aromatic heterocycles. The molecule has 1 N–H and O–H groups in total. The molecule has 0 radical (unpaired) electrons. The number of H-pyrrole nitrogens is 1. The standard InChI is InChI=1S/C19H26ClN3O2/c1-4-9-25-19-15(20)10-13(11-17(19)24-6-3)18-14-12-23(5-2)8-7-16(14)21-22-18/h10-11H,4-9,12H2,1-3H3,(H,21,22). The van der Waals surface area contributed by atoms with Crippen LogP contribution in [-0.2, 0) is 13.0 Å². The number of hydrogen-bond acceptors (Lipinski definition) is 4. The molecule has 0 spiro atoms. The van der Waals surface area contributed by atoms with Crippen LogP contribution in [0.25, 0.3) is 11.3 Å². The summed E-state index contributed by atoms with van der Waals surface area (Å²) in [5.74, 6) is 1.30. The Hall–Kier alpha value is -1.72. The zero-order chi connectivity index (χ0) is 17.8. The summed E-state index contributed by atoms with van der Waals surface area (Å²) >= 11 is 6.51. The van der Waals surface area contributed by atoms with Crippen LogP contribution in [0.3, 0.4) is 0 Å². The topological polar surface area (TPSA) is 50.4 Å². The molecule has 0 aliphatic carbocycles. The van der Waals surface area contributed by atoms with E-state index in [-0.39, 0.29) is 0 Å². The van der Waals surface area contributed by atoms with Gasteiger partial charge >= 0.3 is 0 Å². The van der Waals surface area contributed by atoms with Crippen LogP contribution in [0, 0.1) is 0 Å². The molecule has 25 heavy (non-hydrogen) atoms. The maximum Gasteiger partial charge on any atom is 0.179 e. The summed E-state index contributed by atoms with van der Waals surface area (Å²) in [6.45, 7) is 10.4. The zero-order valence-electron chi connectivity index (χ0n) is 15.2. The van der Waals surface area contributed by atoms with Crippen molar-refractivity contribution in [1.29, 1.82) is 0 Å². The lowest BCUT2D eigenvalue weighted by atomic mass is 10.0. The Balaban J connectivity index is 1.99. The number of rotatable bonds is 7. The van der Waals surface area contributed by atoms with Crippen molar-refractivity contribution < 1.29 is 9.47 Å². The number of nitrogens with one attached hydrogen (secondary N) is 1. The van der Waals surface area contributed by atoms with Gasteiger partial charge in [0.25, 0.3) is 0 Å². The Kier molecular flexibility index (Phi) is 5.86. The molecule has 0 bridgehead atoms. The zero-order valence-corrected chi connectivity index (χ0v) is 15.9. The van der Waals surface area contributed by atoms with Crippen LogP contribution in [0.15, 0.2) is 12.1 Å². The molecule has 5 nitrogen and oxygen atoms in total. The summed E-state index contributed by atoms with van der Waals surface area (Å²) in [5, 5.41) is 8.33. The van der Waals surface area contributed by atoms with Gasteiger partial charge in [0.1, 0.15) is 0 Å². The smallest absolute Gasteiger partial charge is 0.179 e. The van der Waals surface area contributed by atoms with Gasteiger partial charge in [0.05, 0.1) is 23.9 Å². The van der Waals surface area contributed by atoms with Gasteiger partial charge in [-0.15, -0.1) is 0 Å². The van der Waals surface area contributed by atoms with Crippen molar-refractivity contribution >= 4 is 11.6 Å². The minimum atomic E-state index is 0.560. The summed E-state index contributed by atoms with van der Waals surface area (Å²) in [7, 11) is 0. The largest absolute Gasteiger partial charge is 0.490 e. The maximum atomic E-state index is 6.51. The average molecular weight is 364 g/mol. The third-order valence-electron chi connectivity index (χ3n) is 4.49. The second-order valence-corrected chi connectivity index (χ2v) is 6.62. The van der Waals surface area contributed by atoms with E-state index in [0.717, 1.165) is 43.7 Å². The monoisotopic (exact) mass is 363 g/mol. The van der Waals surface area contributed by atoms with Crippen LogP contribution in [0.5, 0.6) is 11.5 Å². The second-order valence-electron chi connectivity index (χ2n) is 6.21. The van der Waals surface area contributed by atoms with Gasteiger partial charge in [0.15, 0.2) is 11.5 Å². The van der Waals surface area contributed by atoms with Crippen LogP contribution in [0.4, 0.5) is 0 Å². The molecule has 0 unspecified atom stereocenters. The second kappa shape index (κ2) is 8.11. The summed E-state index contributed by atoms with van der Waals surface area (Å²) in [6.07, 6.45) is 1.92. The van der Waals surface area contributed by atoms with E-state index in [0.29, 0.717) is 29.7 Å². The van der Waals surface area contributed by atoms with E-state index in [1.807, 2.05) is 19.1 Å². The van der Waals surface area contributed by atoms with Crippen LogP contribution in [0.2, 0.25) is 5.02 Å². The van der Waals surface area contributed by atoms with Crippen molar-refractivity contribution in [2.24, 2.45) is 0 Å². The highest BCUT2D eigenvalue weighted by molar-refractivity contribution is 6.32. The van der Waals surface area contributed by atoms with E-state index in [1.54, 1.807) is 0 Å². The molecule has 2 aromatic rings. The highest BCUT2D eigenvalue weighted by Gasteiger charge is 2.23. The number of ether oxygens (including phenoxy) is 2. The first-order valence-electron chi connectivity index (χ1n) is 9.05. The Labute approximate surface area is 154 Å². The first-order valence-corrected chi connectivity index (χ1v) is 9.43. The Morgan fingerprint density at radius 1 is 1.24 bits per heavy atom. The van der Waals surface area contributed by atoms with E-state index in [2.05, 4.69) is 28.9 Å². The highest BCUT2D eigenvalue weighted by Crippen LogP contribution is 2.41. The molecule has 136 valence electrons. The van der Waals surface area contributed by atoms with Crippen LogP contribution in [0.1, 0.15) is 38.4 Å². The number of aromatic nitrogens is 2. The predicted molar refractivity (Wildman–Crippen MR) is 101 cm³/mol. The minimum absolute atomic E-state index is 0.560. The Morgan fingerprint density at radius 2 is 2.08 bits per heavy atom. The molecule has 2 heterocycles. The minimum Gasteiger partial charge on any atom is -0.490 e. The lowest BCUT2D eigenvalue weighted by molar-refractivity contribution is 0.267. The third-order valence-corrected chi connectivity index (χ3v) is 4.77. The Morgan fingerprint density at radius 3 is 2.80 bits per heavy atom. The van der Waals surface area contributed by atoms with E-state index in [4.69, 9.17) is 21.1 Å². The van der Waals surface area contributed by atoms with Crippen molar-refractivity contribution in [1.82, 2.24) is 15.1 Å². The third kappa shape index (κ3) is 3.77. The Bertz CT molecular complexity index is 730. The van der Waals surface area contributed by atoms with E-state index in [9.17, 15) is 0 Å². The molecule has 0 atom stereocenters. The SMILES string of the molecule is CCCOc1c(Cl)cc(-c2n[nH]c3c2CN(CC)CC3)cc1OCC. The number of halogens is 1. The molecule has 0 fully saturated rings. The fourth-order valence-corrected chi connectivity index (χ4v) is 3.44. The van der Waals surface area contributed by atoms with Crippen LogP contribution in [-0.4, -0.2) is 41.4 Å². The van der Waals surface area contributed by atoms with Gasteiger partial charge in [0.2, 0.25) is 0 Å². The lowest BCUT2D eigenvalue weighted by Gasteiger charge is -2.25. The van der Waals surface area contributed by atoms with Crippen molar-refractivity contribution in [2.45, 2.75) is 40.2 Å². The van der Waals surface area contributed by atoms with Gasteiger partial charge in [-0.1, -0.05) is 25.4 Å². The normalized spacial score (nSPS) is 14.4. The number of fused-ring (bicyclic) bond motifs is 1. The number of nitrogens with zero attached hydrogens (tertiary/aromatic N) is 2. The van der Waals surface area contributed by atoms with Crippen molar-refractivity contribution in [3.05, 3.63) is 28.4 Å². The molecular formula is C19H26ClN3O2. The summed E-state index contributed by atoms with van der Waals surface area (Å²) < 4.78 is 11.6. The molecule has 6 heteroatoms. The molecule has 0 saturated heterocycles. The number of likely N-dealkylation sites (N-methyl/N-ethyl adjacent to an activating group) is 1. The molecule has 0 amide bonds. The van der Waals surface area contributed by atoms with E-state index < -0.39 is 0 Å². The number of benzene rings is 1. The van der Waals surface area contributed by atoms with Crippen molar-refractivity contribution in [3.63, 3.8) is 0 Å². The fraction of sp³-hybridized carbons (Fsp3) is 0.526. The van der Waals surface area contributed by atoms with E-state index >= 15 is 0 Å². The summed E-state index contributed by atoms with van der Waals surface area (Å²) in [5.41, 5.74) is 4.40. The summed E-state index contributed by atoms with van der Waals surface area (Å²) in [6, 6.07) is 3.91. The molecule has 1 aliphatic rings. The number of aromatic amines is 1. The van der Waals surface area contributed by atoms with Gasteiger partial charge in [-0.25, -0.2) is 0 Å². The van der Waals surface area contributed by atoms with Gasteiger partial charge < -0.3 is 9.47 Å². The van der Waals surface area contributed by atoms with Crippen molar-refractivity contribution in [3.8, 4) is 22.8 Å². The number of hydrogen-bond donors (Lipinski definition) is 1. The maximum absolute atomic E-state index is 6.51. The lowest BCUT2D eigenvalue weighted by Crippen LogP contribution is -2.30. The van der Waals surface area contributed by atoms with Gasteiger partial charge in [0, 0.05) is 36.3 Å². The van der Waals surface area contributed by atoms with Gasteiger partial charge in [-0.3, -0.25) is 10.00 Å². The molecular weight excluding hydrogens is 338 g/mol. The quantitative estimate of drug-likeness (QED) is 0.797. The molecule has 3 rings (SSSR count). The fourth-order valence-electron chi connectivity index (χ4n) is 3.17.